The molecule has 0 fully saturated rings. The van der Waals surface area contributed by atoms with Crippen LogP contribution in [0.5, 0.6) is 0 Å². The van der Waals surface area contributed by atoms with Crippen molar-refractivity contribution in [3.63, 3.8) is 0 Å². The van der Waals surface area contributed by atoms with Crippen LogP contribution in [0.4, 0.5) is 0 Å². The van der Waals surface area contributed by atoms with Gasteiger partial charge in [0.1, 0.15) is 11.8 Å². The second-order valence-corrected chi connectivity index (χ2v) is 3.57. The molecule has 0 bridgehead atoms. The number of hydrogen-bond donors (Lipinski definition) is 1. The molecular formula is C11H13N5O. The summed E-state index contributed by atoms with van der Waals surface area (Å²) in [6.45, 7) is 2.34. The molecule has 2 aromatic rings. The highest BCUT2D eigenvalue weighted by Gasteiger charge is 1.99. The number of aromatic nitrogens is 3. The van der Waals surface area contributed by atoms with Crippen molar-refractivity contribution in [3.05, 3.63) is 36.0 Å². The van der Waals surface area contributed by atoms with Crippen molar-refractivity contribution in [1.29, 1.82) is 5.26 Å². The van der Waals surface area contributed by atoms with Crippen molar-refractivity contribution in [2.45, 2.75) is 19.5 Å². The third-order valence-corrected chi connectivity index (χ3v) is 2.28. The Hall–Kier alpha value is -2.13. The lowest BCUT2D eigenvalue weighted by Crippen LogP contribution is -2.16. The van der Waals surface area contributed by atoms with Gasteiger partial charge in [0.05, 0.1) is 12.7 Å². The lowest BCUT2D eigenvalue weighted by molar-refractivity contribution is 0.463. The van der Waals surface area contributed by atoms with E-state index in [4.69, 9.17) is 9.68 Å². The first-order chi connectivity index (χ1) is 8.38. The molecule has 88 valence electrons. The molecular weight excluding hydrogens is 218 g/mol. The molecule has 2 aromatic heterocycles. The summed E-state index contributed by atoms with van der Waals surface area (Å²) in [6.07, 6.45) is 4.47. The zero-order valence-electron chi connectivity index (χ0n) is 9.33. The predicted octanol–water partition coefficient (Wildman–Crippen LogP) is 0.923. The Morgan fingerprint density at radius 1 is 1.47 bits per heavy atom. The first kappa shape index (κ1) is 11.4. The Labute approximate surface area is 98.8 Å². The van der Waals surface area contributed by atoms with Crippen LogP contribution < -0.4 is 5.32 Å². The van der Waals surface area contributed by atoms with Gasteiger partial charge in [0, 0.05) is 12.7 Å². The molecule has 2 heterocycles. The van der Waals surface area contributed by atoms with Crippen LogP contribution in [0.2, 0.25) is 0 Å². The van der Waals surface area contributed by atoms with Gasteiger partial charge in [-0.3, -0.25) is 4.68 Å². The van der Waals surface area contributed by atoms with Gasteiger partial charge in [0.2, 0.25) is 5.76 Å². The largest absolute Gasteiger partial charge is 0.449 e. The van der Waals surface area contributed by atoms with Gasteiger partial charge in [-0.05, 0) is 25.1 Å². The zero-order valence-corrected chi connectivity index (χ0v) is 9.33. The van der Waals surface area contributed by atoms with Gasteiger partial charge < -0.3 is 9.73 Å². The molecule has 0 saturated carbocycles. The lowest BCUT2D eigenvalue weighted by atomic mass is 10.4. The first-order valence-electron chi connectivity index (χ1n) is 5.42. The average Bonchev–Trinajstić information content (AvgIpc) is 2.99. The van der Waals surface area contributed by atoms with Gasteiger partial charge in [0.25, 0.3) is 0 Å². The van der Waals surface area contributed by atoms with Gasteiger partial charge in [-0.1, -0.05) is 5.21 Å². The van der Waals surface area contributed by atoms with E-state index < -0.39 is 0 Å². The van der Waals surface area contributed by atoms with Crippen molar-refractivity contribution in [3.8, 4) is 6.07 Å². The summed E-state index contributed by atoms with van der Waals surface area (Å²) in [6, 6.07) is 5.44. The maximum absolute atomic E-state index is 8.59. The molecule has 0 unspecified atom stereocenters. The second-order valence-electron chi connectivity index (χ2n) is 3.57. The predicted molar refractivity (Wildman–Crippen MR) is 59.8 cm³/mol. The smallest absolute Gasteiger partial charge is 0.203 e. The topological polar surface area (TPSA) is 79.7 Å². The fourth-order valence-electron chi connectivity index (χ4n) is 1.46. The molecule has 0 aliphatic heterocycles. The average molecular weight is 231 g/mol. The number of hydrogen-bond acceptors (Lipinski definition) is 5. The maximum Gasteiger partial charge on any atom is 0.203 e. The Balaban J connectivity index is 1.62. The van der Waals surface area contributed by atoms with Crippen LogP contribution in [0, 0.1) is 11.3 Å². The lowest BCUT2D eigenvalue weighted by Gasteiger charge is -2.02. The van der Waals surface area contributed by atoms with Gasteiger partial charge in [-0.15, -0.1) is 5.10 Å². The molecule has 0 amide bonds. The standard InChI is InChI=1S/C11H13N5O/c12-8-10-2-3-11(17-10)9-13-4-1-6-16-7-5-14-15-16/h2-3,5,7,13H,1,4,6,9H2. The molecule has 0 aliphatic carbocycles. The van der Waals surface area contributed by atoms with Crippen molar-refractivity contribution < 1.29 is 4.42 Å². The summed E-state index contributed by atoms with van der Waals surface area (Å²) >= 11 is 0. The van der Waals surface area contributed by atoms with Gasteiger partial charge >= 0.3 is 0 Å². The molecule has 0 spiro atoms. The van der Waals surface area contributed by atoms with Crippen molar-refractivity contribution in [1.82, 2.24) is 20.3 Å². The normalized spacial score (nSPS) is 10.3. The highest BCUT2D eigenvalue weighted by molar-refractivity contribution is 5.18. The molecule has 0 saturated heterocycles. The minimum Gasteiger partial charge on any atom is -0.449 e. The van der Waals surface area contributed by atoms with Crippen LogP contribution in [0.3, 0.4) is 0 Å². The molecule has 0 atom stereocenters. The molecule has 17 heavy (non-hydrogen) atoms. The van der Waals surface area contributed by atoms with E-state index in [2.05, 4.69) is 15.6 Å². The summed E-state index contributed by atoms with van der Waals surface area (Å²) in [7, 11) is 0. The quantitative estimate of drug-likeness (QED) is 0.748. The molecule has 6 nitrogen and oxygen atoms in total. The molecule has 0 radical (unpaired) electrons. The third kappa shape index (κ3) is 3.43. The van der Waals surface area contributed by atoms with Crippen LogP contribution in [0.1, 0.15) is 17.9 Å². The van der Waals surface area contributed by atoms with E-state index in [9.17, 15) is 0 Å². The molecule has 2 rings (SSSR count). The molecule has 6 heteroatoms. The zero-order chi connectivity index (χ0) is 11.9. The van der Waals surface area contributed by atoms with E-state index in [1.54, 1.807) is 16.9 Å². The third-order valence-electron chi connectivity index (χ3n) is 2.28. The SMILES string of the molecule is N#Cc1ccc(CNCCCn2ccnn2)o1. The number of aryl methyl sites for hydroxylation is 1. The van der Waals surface area contributed by atoms with E-state index in [1.807, 2.05) is 18.3 Å². The van der Waals surface area contributed by atoms with Crippen LogP contribution in [0.15, 0.2) is 28.9 Å². The minimum atomic E-state index is 0.351. The Bertz CT molecular complexity index is 482. The highest BCUT2D eigenvalue weighted by Crippen LogP contribution is 2.05. The number of furan rings is 1. The van der Waals surface area contributed by atoms with Crippen molar-refractivity contribution in [2.24, 2.45) is 0 Å². The Morgan fingerprint density at radius 3 is 3.12 bits per heavy atom. The van der Waals surface area contributed by atoms with Crippen LogP contribution in [-0.4, -0.2) is 21.5 Å². The number of rotatable bonds is 6. The summed E-state index contributed by atoms with van der Waals surface area (Å²) in [4.78, 5) is 0. The van der Waals surface area contributed by atoms with E-state index >= 15 is 0 Å². The first-order valence-corrected chi connectivity index (χ1v) is 5.42. The highest BCUT2D eigenvalue weighted by atomic mass is 16.3. The minimum absolute atomic E-state index is 0.351. The summed E-state index contributed by atoms with van der Waals surface area (Å²) in [5, 5.41) is 19.4. The Morgan fingerprint density at radius 2 is 2.41 bits per heavy atom. The fraction of sp³-hybridized carbons (Fsp3) is 0.364. The van der Waals surface area contributed by atoms with Crippen molar-refractivity contribution in [2.75, 3.05) is 6.54 Å². The van der Waals surface area contributed by atoms with Gasteiger partial charge in [-0.25, -0.2) is 0 Å². The van der Waals surface area contributed by atoms with E-state index in [-0.39, 0.29) is 0 Å². The van der Waals surface area contributed by atoms with Gasteiger partial charge in [-0.2, -0.15) is 5.26 Å². The monoisotopic (exact) mass is 231 g/mol. The van der Waals surface area contributed by atoms with E-state index in [0.29, 0.717) is 12.3 Å². The maximum atomic E-state index is 8.59. The second kappa shape index (κ2) is 5.82. The van der Waals surface area contributed by atoms with Crippen LogP contribution in [0.25, 0.3) is 0 Å². The molecule has 0 aromatic carbocycles. The Kier molecular flexibility index (Phi) is 3.89. The van der Waals surface area contributed by atoms with E-state index in [0.717, 1.165) is 25.3 Å². The number of nitrogens with one attached hydrogen (secondary N) is 1. The molecule has 0 aliphatic rings. The summed E-state index contributed by atoms with van der Waals surface area (Å²) < 4.78 is 7.03. The number of nitrogens with zero attached hydrogens (tertiary/aromatic N) is 4. The van der Waals surface area contributed by atoms with Crippen molar-refractivity contribution >= 4 is 0 Å². The molecule has 1 N–H and O–H groups in total. The van der Waals surface area contributed by atoms with Gasteiger partial charge in [0.15, 0.2) is 0 Å². The van der Waals surface area contributed by atoms with Crippen LogP contribution in [-0.2, 0) is 13.1 Å². The number of nitriles is 1. The van der Waals surface area contributed by atoms with Crippen LogP contribution >= 0.6 is 0 Å². The van der Waals surface area contributed by atoms with E-state index in [1.165, 1.54) is 0 Å². The fourth-order valence-corrected chi connectivity index (χ4v) is 1.46. The summed E-state index contributed by atoms with van der Waals surface area (Å²) in [5.41, 5.74) is 0. The summed E-state index contributed by atoms with van der Waals surface area (Å²) in [5.74, 6) is 1.13.